The summed E-state index contributed by atoms with van der Waals surface area (Å²) in [5.74, 6) is -4.91. The van der Waals surface area contributed by atoms with E-state index < -0.39 is 53.3 Å². The highest BCUT2D eigenvalue weighted by Crippen LogP contribution is 2.42. The number of ketones is 1. The molecule has 0 aromatic heterocycles. The van der Waals surface area contributed by atoms with Crippen LogP contribution in [0.15, 0.2) is 36.4 Å². The molecule has 0 spiro atoms. The highest BCUT2D eigenvalue weighted by Gasteiger charge is 2.56. The van der Waals surface area contributed by atoms with Crippen LogP contribution in [-0.2, 0) is 23.9 Å². The molecule has 29 heavy (non-hydrogen) atoms. The van der Waals surface area contributed by atoms with Gasteiger partial charge in [0.05, 0.1) is 23.7 Å². The molecule has 6 nitrogen and oxygen atoms in total. The van der Waals surface area contributed by atoms with Gasteiger partial charge in [-0.3, -0.25) is 14.4 Å². The zero-order valence-electron chi connectivity index (χ0n) is 17.6. The minimum atomic E-state index is -1.64. The van der Waals surface area contributed by atoms with Crippen molar-refractivity contribution < 1.29 is 29.0 Å². The van der Waals surface area contributed by atoms with E-state index in [0.29, 0.717) is 0 Å². The topological polar surface area (TPSA) is 89.9 Å². The Labute approximate surface area is 171 Å². The lowest BCUT2D eigenvalue weighted by Gasteiger charge is -2.42. The minimum Gasteiger partial charge on any atom is -0.463 e. The summed E-state index contributed by atoms with van der Waals surface area (Å²) in [5.41, 5.74) is -0.791. The Hall–Kier alpha value is -2.47. The first-order chi connectivity index (χ1) is 13.5. The first-order valence-electron chi connectivity index (χ1n) is 9.92. The average Bonchev–Trinajstić information content (AvgIpc) is 2.58. The van der Waals surface area contributed by atoms with Gasteiger partial charge in [0.25, 0.3) is 0 Å². The standard InChI is InChI=1S/C23H30O6/c1-14(2)28-21(25)19-17(12-11-16-9-7-6-8-10-16)20(22(26)29-15(3)4)23(5,27)13-18(19)24/h6-12,14-15,17,19-20,27H,13H2,1-5H3/b12-11+/t17-,19-,20+,23+/m1/s1. The summed E-state index contributed by atoms with van der Waals surface area (Å²) in [6.45, 7) is 8.24. The number of ether oxygens (including phenoxy) is 2. The molecule has 0 aliphatic heterocycles. The molecule has 0 heterocycles. The second kappa shape index (κ2) is 9.35. The fraction of sp³-hybridized carbons (Fsp3) is 0.522. The number of carbonyl (C=O) groups excluding carboxylic acids is 3. The van der Waals surface area contributed by atoms with Crippen molar-refractivity contribution in [3.8, 4) is 0 Å². The van der Waals surface area contributed by atoms with Gasteiger partial charge in [0.2, 0.25) is 0 Å². The van der Waals surface area contributed by atoms with E-state index in [1.807, 2.05) is 30.3 Å². The first-order valence-corrected chi connectivity index (χ1v) is 9.92. The van der Waals surface area contributed by atoms with Gasteiger partial charge < -0.3 is 14.6 Å². The number of aliphatic hydroxyl groups is 1. The van der Waals surface area contributed by atoms with Crippen LogP contribution < -0.4 is 0 Å². The predicted octanol–water partition coefficient (Wildman–Crippen LogP) is 3.18. The van der Waals surface area contributed by atoms with Crippen LogP contribution in [0.1, 0.15) is 46.6 Å². The van der Waals surface area contributed by atoms with Gasteiger partial charge in [-0.25, -0.2) is 0 Å². The van der Waals surface area contributed by atoms with E-state index in [2.05, 4.69) is 0 Å². The Morgan fingerprint density at radius 2 is 1.62 bits per heavy atom. The van der Waals surface area contributed by atoms with Crippen molar-refractivity contribution in [2.24, 2.45) is 17.8 Å². The molecule has 1 aliphatic carbocycles. The van der Waals surface area contributed by atoms with E-state index in [4.69, 9.17) is 9.47 Å². The number of Topliss-reactive ketones (excluding diaryl/α,β-unsaturated/α-hetero) is 1. The quantitative estimate of drug-likeness (QED) is 0.581. The van der Waals surface area contributed by atoms with Crippen LogP contribution in [0.4, 0.5) is 0 Å². The monoisotopic (exact) mass is 402 g/mol. The Kier molecular flexibility index (Phi) is 7.36. The Bertz CT molecular complexity index is 755. The van der Waals surface area contributed by atoms with Crippen LogP contribution in [0.2, 0.25) is 0 Å². The average molecular weight is 402 g/mol. The SMILES string of the molecule is CC(C)OC(=O)[C@H]1C(=O)C[C@](C)(O)[C@H](C(=O)OC(C)C)[C@@H]1/C=C/c1ccccc1. The van der Waals surface area contributed by atoms with Gasteiger partial charge in [-0.15, -0.1) is 0 Å². The maximum absolute atomic E-state index is 12.9. The van der Waals surface area contributed by atoms with E-state index in [1.165, 1.54) is 6.92 Å². The summed E-state index contributed by atoms with van der Waals surface area (Å²) in [6.07, 6.45) is 2.26. The third-order valence-corrected chi connectivity index (χ3v) is 4.84. The number of carbonyl (C=O) groups is 3. The summed E-state index contributed by atoms with van der Waals surface area (Å²) in [6, 6.07) is 9.32. The number of hydrogen-bond acceptors (Lipinski definition) is 6. The molecule has 4 atom stereocenters. The van der Waals surface area contributed by atoms with Crippen molar-refractivity contribution in [3.05, 3.63) is 42.0 Å². The maximum atomic E-state index is 12.9. The van der Waals surface area contributed by atoms with Gasteiger partial charge in [-0.2, -0.15) is 0 Å². The second-order valence-electron chi connectivity index (χ2n) is 8.27. The van der Waals surface area contributed by atoms with Crippen molar-refractivity contribution in [1.29, 1.82) is 0 Å². The van der Waals surface area contributed by atoms with Crippen molar-refractivity contribution in [1.82, 2.24) is 0 Å². The Morgan fingerprint density at radius 1 is 1.07 bits per heavy atom. The van der Waals surface area contributed by atoms with Gasteiger partial charge in [0.1, 0.15) is 5.92 Å². The van der Waals surface area contributed by atoms with Gasteiger partial charge in [-0.1, -0.05) is 42.5 Å². The molecule has 1 saturated carbocycles. The zero-order valence-corrected chi connectivity index (χ0v) is 17.6. The molecule has 0 radical (unpaired) electrons. The van der Waals surface area contributed by atoms with Gasteiger partial charge in [0.15, 0.2) is 5.78 Å². The smallest absolute Gasteiger partial charge is 0.317 e. The predicted molar refractivity (Wildman–Crippen MR) is 109 cm³/mol. The van der Waals surface area contributed by atoms with Crippen LogP contribution in [0.25, 0.3) is 6.08 Å². The fourth-order valence-corrected chi connectivity index (χ4v) is 3.71. The molecule has 1 aliphatic rings. The first kappa shape index (κ1) is 22.8. The Balaban J connectivity index is 2.50. The molecule has 0 saturated heterocycles. The third kappa shape index (κ3) is 5.76. The number of esters is 2. The van der Waals surface area contributed by atoms with E-state index in [0.717, 1.165) is 5.56 Å². The van der Waals surface area contributed by atoms with E-state index in [1.54, 1.807) is 39.8 Å². The van der Waals surface area contributed by atoms with E-state index in [-0.39, 0.29) is 6.42 Å². The van der Waals surface area contributed by atoms with Crippen LogP contribution >= 0.6 is 0 Å². The lowest BCUT2D eigenvalue weighted by atomic mass is 9.63. The molecule has 0 amide bonds. The lowest BCUT2D eigenvalue weighted by molar-refractivity contribution is -0.178. The number of benzene rings is 1. The van der Waals surface area contributed by atoms with Gasteiger partial charge in [-0.05, 0) is 40.2 Å². The molecule has 1 N–H and O–H groups in total. The van der Waals surface area contributed by atoms with Gasteiger partial charge >= 0.3 is 11.9 Å². The summed E-state index contributed by atoms with van der Waals surface area (Å²) < 4.78 is 10.6. The summed E-state index contributed by atoms with van der Waals surface area (Å²) in [4.78, 5) is 38.4. The van der Waals surface area contributed by atoms with Crippen LogP contribution in [0.3, 0.4) is 0 Å². The molecule has 1 aromatic carbocycles. The van der Waals surface area contributed by atoms with Crippen molar-refractivity contribution in [2.45, 2.75) is 58.8 Å². The van der Waals surface area contributed by atoms with Crippen LogP contribution in [0, 0.1) is 17.8 Å². The molecule has 6 heteroatoms. The summed E-state index contributed by atoms with van der Waals surface area (Å²) in [7, 11) is 0. The molecular weight excluding hydrogens is 372 g/mol. The lowest BCUT2D eigenvalue weighted by Crippen LogP contribution is -2.56. The molecular formula is C23H30O6. The highest BCUT2D eigenvalue weighted by atomic mass is 16.5. The summed E-state index contributed by atoms with van der Waals surface area (Å²) in [5, 5.41) is 10.9. The minimum absolute atomic E-state index is 0.321. The van der Waals surface area contributed by atoms with Crippen molar-refractivity contribution in [3.63, 3.8) is 0 Å². The largest absolute Gasteiger partial charge is 0.463 e. The Morgan fingerprint density at radius 3 is 2.17 bits per heavy atom. The van der Waals surface area contributed by atoms with Crippen molar-refractivity contribution in [2.75, 3.05) is 0 Å². The maximum Gasteiger partial charge on any atom is 0.317 e. The molecule has 158 valence electrons. The molecule has 2 rings (SSSR count). The molecule has 1 fully saturated rings. The van der Waals surface area contributed by atoms with E-state index >= 15 is 0 Å². The zero-order chi connectivity index (χ0) is 21.8. The highest BCUT2D eigenvalue weighted by molar-refractivity contribution is 6.02. The molecule has 0 bridgehead atoms. The number of rotatable bonds is 6. The molecule has 1 aromatic rings. The molecule has 0 unspecified atom stereocenters. The van der Waals surface area contributed by atoms with Crippen molar-refractivity contribution >= 4 is 23.8 Å². The second-order valence-corrected chi connectivity index (χ2v) is 8.27. The van der Waals surface area contributed by atoms with Gasteiger partial charge in [0, 0.05) is 12.3 Å². The normalized spacial score (nSPS) is 27.4. The fourth-order valence-electron chi connectivity index (χ4n) is 3.71. The number of allylic oxidation sites excluding steroid dienone is 1. The van der Waals surface area contributed by atoms with Crippen LogP contribution in [0.5, 0.6) is 0 Å². The summed E-state index contributed by atoms with van der Waals surface area (Å²) >= 11 is 0. The number of hydrogen-bond donors (Lipinski definition) is 1. The third-order valence-electron chi connectivity index (χ3n) is 4.84. The van der Waals surface area contributed by atoms with E-state index in [9.17, 15) is 19.5 Å². The van der Waals surface area contributed by atoms with Crippen LogP contribution in [-0.4, -0.2) is 40.6 Å².